The van der Waals surface area contributed by atoms with Gasteiger partial charge in [-0.1, -0.05) is 53.2 Å². The van der Waals surface area contributed by atoms with Gasteiger partial charge in [0.1, 0.15) is 11.6 Å². The fourth-order valence-electron chi connectivity index (χ4n) is 3.67. The molecule has 31 heavy (non-hydrogen) atoms. The predicted molar refractivity (Wildman–Crippen MR) is 109 cm³/mol. The van der Waals surface area contributed by atoms with E-state index in [4.69, 9.17) is 20.5 Å². The summed E-state index contributed by atoms with van der Waals surface area (Å²) in [7, 11) is 0. The molecule has 156 valence electrons. The highest BCUT2D eigenvalue weighted by atomic mass is 35.5. The number of carbonyl (C=O) groups excluding carboxylic acids is 2. The van der Waals surface area contributed by atoms with Crippen LogP contribution in [0.25, 0.3) is 22.5 Å². The van der Waals surface area contributed by atoms with Crippen LogP contribution in [-0.2, 0) is 16.0 Å². The van der Waals surface area contributed by atoms with E-state index in [1.54, 1.807) is 12.1 Å². The Balaban J connectivity index is 1.52. The molecule has 1 aliphatic rings. The molecule has 1 fully saturated rings. The molecule has 0 bridgehead atoms. The van der Waals surface area contributed by atoms with E-state index in [1.807, 2.05) is 30.3 Å². The van der Waals surface area contributed by atoms with Crippen molar-refractivity contribution in [2.45, 2.75) is 25.3 Å². The smallest absolute Gasteiger partial charge is 0.408 e. The van der Waals surface area contributed by atoms with E-state index < -0.39 is 17.7 Å². The van der Waals surface area contributed by atoms with Crippen LogP contribution in [0.2, 0.25) is 5.02 Å². The first-order chi connectivity index (χ1) is 15.0. The van der Waals surface area contributed by atoms with Gasteiger partial charge in [0.15, 0.2) is 5.58 Å². The summed E-state index contributed by atoms with van der Waals surface area (Å²) >= 11 is 6.62. The molecule has 2 aromatic carbocycles. The summed E-state index contributed by atoms with van der Waals surface area (Å²) in [5.41, 5.74) is 1.99. The maximum atomic E-state index is 12.5. The molecular weight excluding hydrogens is 424 g/mol. The molecule has 1 atom stereocenters. The lowest BCUT2D eigenvalue weighted by molar-refractivity contribution is -0.135. The molecule has 1 saturated heterocycles. The third-order valence-corrected chi connectivity index (χ3v) is 5.58. The van der Waals surface area contributed by atoms with Crippen molar-refractivity contribution in [1.82, 2.24) is 20.0 Å². The highest BCUT2D eigenvalue weighted by Gasteiger charge is 2.32. The average molecular weight is 439 g/mol. The van der Waals surface area contributed by atoms with E-state index in [-0.39, 0.29) is 35.8 Å². The number of hydrogen-bond donors (Lipinski definition) is 1. The molecule has 2 aromatic heterocycles. The predicted octanol–water partition coefficient (Wildman–Crippen LogP) is 2.87. The Morgan fingerprint density at radius 2 is 1.94 bits per heavy atom. The van der Waals surface area contributed by atoms with Crippen molar-refractivity contribution >= 4 is 34.5 Å². The Labute approximate surface area is 179 Å². The van der Waals surface area contributed by atoms with Gasteiger partial charge in [-0.25, -0.2) is 4.79 Å². The number of carbonyl (C=O) groups is 2. The van der Waals surface area contributed by atoms with Gasteiger partial charge in [0.05, 0.1) is 11.4 Å². The largest absolute Gasteiger partial charge is 0.420 e. The Hall–Kier alpha value is -3.72. The quantitative estimate of drug-likeness (QED) is 0.486. The normalized spacial score (nSPS) is 16.6. The number of benzene rings is 2. The van der Waals surface area contributed by atoms with Gasteiger partial charge in [-0.3, -0.25) is 19.5 Å². The second kappa shape index (κ2) is 7.51. The van der Waals surface area contributed by atoms with E-state index in [2.05, 4.69) is 15.5 Å². The van der Waals surface area contributed by atoms with E-state index >= 15 is 0 Å². The SMILES string of the molecule is O=C1CCC(n2c(=O)oc3ccc(Cc4nc(-c5ccccc5)no4)c(Cl)c32)C(=O)N1. The van der Waals surface area contributed by atoms with Crippen LogP contribution in [0.15, 0.2) is 56.2 Å². The van der Waals surface area contributed by atoms with Crippen LogP contribution in [0.4, 0.5) is 0 Å². The fraction of sp³-hybridized carbons (Fsp3) is 0.190. The van der Waals surface area contributed by atoms with Gasteiger partial charge in [-0.2, -0.15) is 4.98 Å². The number of nitrogens with one attached hydrogen (secondary N) is 1. The second-order valence-corrected chi connectivity index (χ2v) is 7.52. The van der Waals surface area contributed by atoms with Crippen LogP contribution < -0.4 is 11.1 Å². The van der Waals surface area contributed by atoms with E-state index in [1.165, 1.54) is 4.57 Å². The molecule has 4 aromatic rings. The molecular formula is C21H15ClN4O5. The van der Waals surface area contributed by atoms with Crippen LogP contribution in [0.1, 0.15) is 30.3 Å². The van der Waals surface area contributed by atoms with Crippen LogP contribution in [0.5, 0.6) is 0 Å². The van der Waals surface area contributed by atoms with Crippen molar-refractivity contribution < 1.29 is 18.5 Å². The van der Waals surface area contributed by atoms with Gasteiger partial charge in [0.25, 0.3) is 0 Å². The van der Waals surface area contributed by atoms with Crippen molar-refractivity contribution in [2.24, 2.45) is 0 Å². The first kappa shape index (κ1) is 19.3. The monoisotopic (exact) mass is 438 g/mol. The lowest BCUT2D eigenvalue weighted by Gasteiger charge is -2.21. The topological polar surface area (TPSA) is 120 Å². The molecule has 0 spiro atoms. The Morgan fingerprint density at radius 3 is 2.71 bits per heavy atom. The minimum absolute atomic E-state index is 0.122. The third kappa shape index (κ3) is 3.42. The molecule has 0 radical (unpaired) electrons. The molecule has 2 amide bonds. The molecule has 9 nitrogen and oxygen atoms in total. The molecule has 3 heterocycles. The number of amides is 2. The maximum absolute atomic E-state index is 12.5. The number of aromatic nitrogens is 3. The molecule has 10 heteroatoms. The van der Waals surface area contributed by atoms with Crippen molar-refractivity contribution in [1.29, 1.82) is 0 Å². The first-order valence-electron chi connectivity index (χ1n) is 9.55. The number of halogens is 1. The van der Waals surface area contributed by atoms with Gasteiger partial charge >= 0.3 is 5.76 Å². The first-order valence-corrected chi connectivity index (χ1v) is 9.93. The second-order valence-electron chi connectivity index (χ2n) is 7.14. The van der Waals surface area contributed by atoms with Crippen LogP contribution in [-0.4, -0.2) is 26.5 Å². The number of hydrogen-bond acceptors (Lipinski definition) is 7. The summed E-state index contributed by atoms with van der Waals surface area (Å²) in [6.07, 6.45) is 0.532. The van der Waals surface area contributed by atoms with Crippen molar-refractivity contribution in [3.63, 3.8) is 0 Å². The zero-order chi connectivity index (χ0) is 21.5. The van der Waals surface area contributed by atoms with Crippen molar-refractivity contribution in [3.8, 4) is 11.4 Å². The summed E-state index contributed by atoms with van der Waals surface area (Å²) in [5, 5.41) is 6.49. The Morgan fingerprint density at radius 1 is 1.13 bits per heavy atom. The minimum Gasteiger partial charge on any atom is -0.408 e. The minimum atomic E-state index is -0.882. The number of nitrogens with zero attached hydrogens (tertiary/aromatic N) is 3. The highest BCUT2D eigenvalue weighted by Crippen LogP contribution is 2.32. The molecule has 0 saturated carbocycles. The Bertz CT molecular complexity index is 1370. The number of piperidine rings is 1. The van der Waals surface area contributed by atoms with Gasteiger partial charge in [0.2, 0.25) is 23.5 Å². The maximum Gasteiger partial charge on any atom is 0.420 e. The van der Waals surface area contributed by atoms with Crippen LogP contribution >= 0.6 is 11.6 Å². The zero-order valence-electron chi connectivity index (χ0n) is 16.0. The van der Waals surface area contributed by atoms with Gasteiger partial charge in [-0.15, -0.1) is 0 Å². The van der Waals surface area contributed by atoms with E-state index in [9.17, 15) is 14.4 Å². The van der Waals surface area contributed by atoms with Gasteiger partial charge < -0.3 is 8.94 Å². The van der Waals surface area contributed by atoms with Crippen molar-refractivity contribution in [2.75, 3.05) is 0 Å². The fourth-order valence-corrected chi connectivity index (χ4v) is 3.99. The molecule has 0 aliphatic carbocycles. The Kier molecular flexibility index (Phi) is 4.67. The van der Waals surface area contributed by atoms with Gasteiger partial charge in [-0.05, 0) is 18.1 Å². The zero-order valence-corrected chi connectivity index (χ0v) is 16.8. The lowest BCUT2D eigenvalue weighted by atomic mass is 10.1. The number of imide groups is 1. The summed E-state index contributed by atoms with van der Waals surface area (Å²) in [5.74, 6) is -0.853. The molecule has 1 unspecified atom stereocenters. The molecule has 1 aliphatic heterocycles. The summed E-state index contributed by atoms with van der Waals surface area (Å²) in [6.45, 7) is 0. The summed E-state index contributed by atoms with van der Waals surface area (Å²) in [6, 6.07) is 11.8. The van der Waals surface area contributed by atoms with Crippen LogP contribution in [0.3, 0.4) is 0 Å². The summed E-state index contributed by atoms with van der Waals surface area (Å²) in [4.78, 5) is 40.7. The van der Waals surface area contributed by atoms with E-state index in [0.29, 0.717) is 22.8 Å². The highest BCUT2D eigenvalue weighted by molar-refractivity contribution is 6.35. The van der Waals surface area contributed by atoms with Crippen LogP contribution in [0, 0.1) is 0 Å². The van der Waals surface area contributed by atoms with Crippen molar-refractivity contribution in [3.05, 3.63) is 69.5 Å². The van der Waals surface area contributed by atoms with E-state index in [0.717, 1.165) is 5.56 Å². The molecule has 5 rings (SSSR count). The molecule has 1 N–H and O–H groups in total. The average Bonchev–Trinajstić information content (AvgIpc) is 3.35. The summed E-state index contributed by atoms with van der Waals surface area (Å²) < 4.78 is 11.8. The number of rotatable bonds is 4. The standard InChI is InChI=1S/C21H15ClN4O5/c22-17-12(10-16-24-19(25-31-16)11-4-2-1-3-5-11)6-8-14-18(17)26(21(29)30-14)13-7-9-15(27)23-20(13)28/h1-6,8,13H,7,9-10H2,(H,23,27,28). The lowest BCUT2D eigenvalue weighted by Crippen LogP contribution is -2.43. The third-order valence-electron chi connectivity index (χ3n) is 5.16. The number of fused-ring (bicyclic) bond motifs is 1. The number of oxazole rings is 1. The van der Waals surface area contributed by atoms with Gasteiger partial charge in [0, 0.05) is 12.0 Å².